The number of hydrogen-bond donors (Lipinski definition) is 4. The summed E-state index contributed by atoms with van der Waals surface area (Å²) in [5, 5.41) is 16.0. The lowest BCUT2D eigenvalue weighted by atomic mass is 9.98. The average molecular weight is 349 g/mol. The number of para-hydroxylation sites is 1. The molecule has 4 N–H and O–H groups in total. The number of rotatable bonds is 4. The van der Waals surface area contributed by atoms with E-state index in [0.717, 1.165) is 22.0 Å². The first kappa shape index (κ1) is 16.2. The average Bonchev–Trinajstić information content (AvgIpc) is 3.04. The minimum atomic E-state index is -0.605. The second-order valence-electron chi connectivity index (χ2n) is 6.56. The number of aromatic nitrogens is 1. The first-order valence-electron chi connectivity index (χ1n) is 8.54. The predicted molar refractivity (Wildman–Crippen MR) is 97.7 cm³/mol. The number of carbonyl (C=O) groups excluding carboxylic acids is 2. The summed E-state index contributed by atoms with van der Waals surface area (Å²) in [6, 6.07) is 13.3. The Balaban J connectivity index is 1.45. The molecule has 2 amide bonds. The number of phenolic OH excluding ortho intramolecular Hbond substituents is 1. The normalized spacial score (nSPS) is 20.0. The van der Waals surface area contributed by atoms with Gasteiger partial charge in [-0.2, -0.15) is 0 Å². The monoisotopic (exact) mass is 349 g/mol. The first-order valence-corrected chi connectivity index (χ1v) is 8.54. The Labute approximate surface area is 150 Å². The van der Waals surface area contributed by atoms with Crippen LogP contribution in [0.5, 0.6) is 5.75 Å². The van der Waals surface area contributed by atoms with Crippen molar-refractivity contribution in [3.8, 4) is 5.75 Å². The number of carbonyl (C=O) groups is 2. The minimum absolute atomic E-state index is 0.171. The van der Waals surface area contributed by atoms with Crippen molar-refractivity contribution in [3.05, 3.63) is 65.9 Å². The summed E-state index contributed by atoms with van der Waals surface area (Å²) in [5.41, 5.74) is 2.88. The van der Waals surface area contributed by atoms with Crippen LogP contribution in [0.15, 0.2) is 54.7 Å². The van der Waals surface area contributed by atoms with Gasteiger partial charge in [0.2, 0.25) is 11.8 Å². The molecule has 1 aromatic heterocycles. The number of nitrogens with one attached hydrogen (secondary N) is 3. The number of aromatic amines is 1. The summed E-state index contributed by atoms with van der Waals surface area (Å²) < 4.78 is 0. The Morgan fingerprint density at radius 3 is 2.23 bits per heavy atom. The lowest BCUT2D eigenvalue weighted by Gasteiger charge is -2.29. The fraction of sp³-hybridized carbons (Fsp3) is 0.200. The van der Waals surface area contributed by atoms with E-state index in [-0.39, 0.29) is 17.6 Å². The van der Waals surface area contributed by atoms with E-state index in [1.165, 1.54) is 0 Å². The van der Waals surface area contributed by atoms with Gasteiger partial charge in [0.05, 0.1) is 0 Å². The van der Waals surface area contributed by atoms with Crippen LogP contribution in [-0.4, -0.2) is 34.0 Å². The molecule has 0 radical (unpaired) electrons. The van der Waals surface area contributed by atoms with Gasteiger partial charge in [-0.25, -0.2) is 0 Å². The summed E-state index contributed by atoms with van der Waals surface area (Å²) in [6.45, 7) is 0. The van der Waals surface area contributed by atoms with Gasteiger partial charge in [0.1, 0.15) is 17.8 Å². The predicted octanol–water partition coefficient (Wildman–Crippen LogP) is 1.64. The number of amides is 2. The summed E-state index contributed by atoms with van der Waals surface area (Å²) in [5.74, 6) is -0.203. The molecule has 1 aliphatic rings. The van der Waals surface area contributed by atoms with E-state index in [4.69, 9.17) is 0 Å². The molecule has 2 atom stereocenters. The molecule has 6 nitrogen and oxygen atoms in total. The summed E-state index contributed by atoms with van der Waals surface area (Å²) in [4.78, 5) is 28.1. The van der Waals surface area contributed by atoms with Crippen LogP contribution >= 0.6 is 0 Å². The lowest BCUT2D eigenvalue weighted by Crippen LogP contribution is -2.62. The topological polar surface area (TPSA) is 94.2 Å². The molecule has 3 aromatic rings. The van der Waals surface area contributed by atoms with Gasteiger partial charge in [-0.15, -0.1) is 0 Å². The van der Waals surface area contributed by atoms with Crippen molar-refractivity contribution in [2.45, 2.75) is 24.9 Å². The first-order chi connectivity index (χ1) is 12.6. The number of aromatic hydroxyl groups is 1. The van der Waals surface area contributed by atoms with Crippen molar-refractivity contribution in [1.29, 1.82) is 0 Å². The van der Waals surface area contributed by atoms with Crippen LogP contribution in [0.25, 0.3) is 10.9 Å². The number of benzene rings is 2. The van der Waals surface area contributed by atoms with Crippen LogP contribution < -0.4 is 10.6 Å². The van der Waals surface area contributed by atoms with Crippen molar-refractivity contribution in [1.82, 2.24) is 15.6 Å². The molecular formula is C20H19N3O3. The van der Waals surface area contributed by atoms with Gasteiger partial charge in [0.25, 0.3) is 0 Å². The maximum atomic E-state index is 12.5. The molecule has 1 aliphatic heterocycles. The van der Waals surface area contributed by atoms with E-state index < -0.39 is 12.1 Å². The van der Waals surface area contributed by atoms with Gasteiger partial charge in [0, 0.05) is 29.9 Å². The molecule has 0 saturated carbocycles. The maximum Gasteiger partial charge on any atom is 0.243 e. The Kier molecular flexibility index (Phi) is 4.08. The largest absolute Gasteiger partial charge is 0.508 e. The van der Waals surface area contributed by atoms with Gasteiger partial charge in [-0.05, 0) is 29.3 Å². The van der Waals surface area contributed by atoms with E-state index in [1.807, 2.05) is 30.5 Å². The highest BCUT2D eigenvalue weighted by molar-refractivity contribution is 5.97. The standard InChI is InChI=1S/C20H19N3O3/c24-14-7-5-12(6-8-14)9-17-19(25)23-18(20(26)22-17)10-13-11-21-16-4-2-1-3-15(13)16/h1-8,11,17-18,21,24H,9-10H2,(H,22,26)(H,23,25)/t17-,18+/m1/s1. The molecule has 0 aliphatic carbocycles. The third kappa shape index (κ3) is 3.13. The molecule has 1 saturated heterocycles. The zero-order valence-corrected chi connectivity index (χ0v) is 14.0. The van der Waals surface area contributed by atoms with Crippen molar-refractivity contribution >= 4 is 22.7 Å². The molecule has 1 fully saturated rings. The Bertz CT molecular complexity index is 962. The second kappa shape index (κ2) is 6.55. The number of H-pyrrole nitrogens is 1. The zero-order chi connectivity index (χ0) is 18.1. The molecule has 6 heteroatoms. The van der Waals surface area contributed by atoms with Gasteiger partial charge >= 0.3 is 0 Å². The fourth-order valence-electron chi connectivity index (χ4n) is 3.35. The SMILES string of the molecule is O=C1N[C@H](Cc2ccc(O)cc2)C(=O)N[C@H]1Cc1c[nH]c2ccccc12. The molecule has 26 heavy (non-hydrogen) atoms. The van der Waals surface area contributed by atoms with Gasteiger partial charge < -0.3 is 20.7 Å². The van der Waals surface area contributed by atoms with E-state index >= 15 is 0 Å². The summed E-state index contributed by atoms with van der Waals surface area (Å²) in [7, 11) is 0. The molecule has 0 spiro atoms. The van der Waals surface area contributed by atoms with Crippen molar-refractivity contribution in [3.63, 3.8) is 0 Å². The van der Waals surface area contributed by atoms with Crippen LogP contribution in [0, 0.1) is 0 Å². The van der Waals surface area contributed by atoms with Crippen LogP contribution in [0.4, 0.5) is 0 Å². The van der Waals surface area contributed by atoms with E-state index in [1.54, 1.807) is 24.3 Å². The summed E-state index contributed by atoms with van der Waals surface area (Å²) in [6.07, 6.45) is 2.71. The smallest absolute Gasteiger partial charge is 0.243 e. The minimum Gasteiger partial charge on any atom is -0.508 e. The molecule has 2 heterocycles. The fourth-order valence-corrected chi connectivity index (χ4v) is 3.35. The van der Waals surface area contributed by atoms with E-state index in [0.29, 0.717) is 12.8 Å². The molecule has 4 rings (SSSR count). The number of fused-ring (bicyclic) bond motifs is 1. The number of hydrogen-bond acceptors (Lipinski definition) is 3. The van der Waals surface area contributed by atoms with Crippen LogP contribution in [0.2, 0.25) is 0 Å². The molecule has 0 unspecified atom stereocenters. The maximum absolute atomic E-state index is 12.5. The van der Waals surface area contributed by atoms with Crippen LogP contribution in [0.3, 0.4) is 0 Å². The molecular weight excluding hydrogens is 330 g/mol. The Morgan fingerprint density at radius 2 is 1.50 bits per heavy atom. The molecule has 2 aromatic carbocycles. The highest BCUT2D eigenvalue weighted by Gasteiger charge is 2.33. The lowest BCUT2D eigenvalue weighted by molar-refractivity contribution is -0.136. The van der Waals surface area contributed by atoms with Crippen molar-refractivity contribution in [2.75, 3.05) is 0 Å². The Hall–Kier alpha value is -3.28. The Morgan fingerprint density at radius 1 is 0.846 bits per heavy atom. The summed E-state index contributed by atoms with van der Waals surface area (Å²) >= 11 is 0. The van der Waals surface area contributed by atoms with Crippen molar-refractivity contribution in [2.24, 2.45) is 0 Å². The molecule has 0 bridgehead atoms. The van der Waals surface area contributed by atoms with Gasteiger partial charge in [-0.1, -0.05) is 30.3 Å². The quantitative estimate of drug-likeness (QED) is 0.577. The van der Waals surface area contributed by atoms with Gasteiger partial charge in [-0.3, -0.25) is 9.59 Å². The zero-order valence-electron chi connectivity index (χ0n) is 14.0. The van der Waals surface area contributed by atoms with Crippen LogP contribution in [0.1, 0.15) is 11.1 Å². The van der Waals surface area contributed by atoms with Crippen LogP contribution in [-0.2, 0) is 22.4 Å². The second-order valence-corrected chi connectivity index (χ2v) is 6.56. The highest BCUT2D eigenvalue weighted by Crippen LogP contribution is 2.20. The molecule has 132 valence electrons. The van der Waals surface area contributed by atoms with Gasteiger partial charge in [0.15, 0.2) is 0 Å². The van der Waals surface area contributed by atoms with E-state index in [9.17, 15) is 14.7 Å². The third-order valence-corrected chi connectivity index (χ3v) is 4.74. The van der Waals surface area contributed by atoms with E-state index in [2.05, 4.69) is 15.6 Å². The third-order valence-electron chi connectivity index (χ3n) is 4.74. The van der Waals surface area contributed by atoms with Crippen molar-refractivity contribution < 1.29 is 14.7 Å². The number of piperazine rings is 1. The highest BCUT2D eigenvalue weighted by atomic mass is 16.3. The number of phenols is 1.